The van der Waals surface area contributed by atoms with Crippen molar-refractivity contribution in [3.8, 4) is 0 Å². The normalized spacial score (nSPS) is 10.3. The minimum atomic E-state index is 0.0968. The van der Waals surface area contributed by atoms with Crippen molar-refractivity contribution in [2.75, 3.05) is 19.3 Å². The van der Waals surface area contributed by atoms with Gasteiger partial charge in [-0.25, -0.2) is 0 Å². The number of carbonyl (C=O) groups is 1. The Morgan fingerprint density at radius 3 is 2.53 bits per heavy atom. The number of carbonyl (C=O) groups excluding carboxylic acids is 1. The van der Waals surface area contributed by atoms with Gasteiger partial charge in [-0.15, -0.1) is 11.8 Å². The highest BCUT2D eigenvalue weighted by Gasteiger charge is 2.07. The molecule has 0 saturated heterocycles. The molecule has 94 valence electrons. The monoisotopic (exact) mass is 252 g/mol. The van der Waals surface area contributed by atoms with E-state index in [1.807, 2.05) is 18.8 Å². The van der Waals surface area contributed by atoms with Crippen LogP contribution in [-0.4, -0.2) is 30.2 Å². The summed E-state index contributed by atoms with van der Waals surface area (Å²) in [5, 5.41) is 0. The largest absolute Gasteiger partial charge is 0.341 e. The molecule has 0 aliphatic heterocycles. The van der Waals surface area contributed by atoms with E-state index in [0.29, 0.717) is 19.5 Å². The number of nitrogens with zero attached hydrogens (tertiary/aromatic N) is 1. The van der Waals surface area contributed by atoms with E-state index in [1.165, 1.54) is 4.90 Å². The zero-order valence-electron chi connectivity index (χ0n) is 10.5. The Balaban J connectivity index is 2.53. The summed E-state index contributed by atoms with van der Waals surface area (Å²) in [6.45, 7) is 3.20. The summed E-state index contributed by atoms with van der Waals surface area (Å²) in [4.78, 5) is 14.5. The van der Waals surface area contributed by atoms with Crippen LogP contribution in [0.1, 0.15) is 18.9 Å². The molecule has 0 fully saturated rings. The molecule has 0 saturated carbocycles. The van der Waals surface area contributed by atoms with Gasteiger partial charge in [0.15, 0.2) is 0 Å². The van der Waals surface area contributed by atoms with Gasteiger partial charge < -0.3 is 10.6 Å². The van der Waals surface area contributed by atoms with Crippen LogP contribution in [0, 0.1) is 0 Å². The lowest BCUT2D eigenvalue weighted by atomic mass is 10.2. The van der Waals surface area contributed by atoms with E-state index >= 15 is 0 Å². The maximum atomic E-state index is 11.6. The van der Waals surface area contributed by atoms with Crippen molar-refractivity contribution in [2.24, 2.45) is 5.73 Å². The molecule has 1 aromatic carbocycles. The molecule has 0 spiro atoms. The Morgan fingerprint density at radius 1 is 1.35 bits per heavy atom. The molecule has 1 rings (SSSR count). The SMILES string of the molecule is CCSc1ccc(CN(C)C(=O)CCN)cc1. The predicted octanol–water partition coefficient (Wildman–Crippen LogP) is 2.11. The minimum Gasteiger partial charge on any atom is -0.341 e. The summed E-state index contributed by atoms with van der Waals surface area (Å²) in [5.74, 6) is 1.17. The van der Waals surface area contributed by atoms with Crippen LogP contribution in [0.2, 0.25) is 0 Å². The molecule has 2 N–H and O–H groups in total. The highest BCUT2D eigenvalue weighted by atomic mass is 32.2. The number of hydrogen-bond donors (Lipinski definition) is 1. The van der Waals surface area contributed by atoms with Gasteiger partial charge in [0.2, 0.25) is 5.91 Å². The van der Waals surface area contributed by atoms with Crippen LogP contribution < -0.4 is 5.73 Å². The summed E-state index contributed by atoms with van der Waals surface area (Å²) in [5.41, 5.74) is 6.51. The lowest BCUT2D eigenvalue weighted by Gasteiger charge is -2.17. The van der Waals surface area contributed by atoms with Gasteiger partial charge in [-0.05, 0) is 23.4 Å². The van der Waals surface area contributed by atoms with E-state index in [9.17, 15) is 4.79 Å². The van der Waals surface area contributed by atoms with E-state index in [0.717, 1.165) is 11.3 Å². The number of hydrogen-bond acceptors (Lipinski definition) is 3. The maximum absolute atomic E-state index is 11.6. The molecule has 17 heavy (non-hydrogen) atoms. The Labute approximate surface area is 107 Å². The molecule has 1 amide bonds. The fraction of sp³-hybridized carbons (Fsp3) is 0.462. The molecular weight excluding hydrogens is 232 g/mol. The molecule has 0 radical (unpaired) electrons. The van der Waals surface area contributed by atoms with Gasteiger partial charge in [0, 0.05) is 31.5 Å². The first kappa shape index (κ1) is 14.1. The zero-order chi connectivity index (χ0) is 12.7. The lowest BCUT2D eigenvalue weighted by molar-refractivity contribution is -0.130. The van der Waals surface area contributed by atoms with Crippen molar-refractivity contribution in [1.29, 1.82) is 0 Å². The minimum absolute atomic E-state index is 0.0968. The van der Waals surface area contributed by atoms with Gasteiger partial charge in [-0.3, -0.25) is 4.79 Å². The van der Waals surface area contributed by atoms with Crippen LogP contribution in [0.5, 0.6) is 0 Å². The van der Waals surface area contributed by atoms with Crippen LogP contribution in [0.3, 0.4) is 0 Å². The second-order valence-electron chi connectivity index (χ2n) is 3.87. The van der Waals surface area contributed by atoms with Gasteiger partial charge in [0.25, 0.3) is 0 Å². The van der Waals surface area contributed by atoms with Crippen molar-refractivity contribution in [3.63, 3.8) is 0 Å². The molecule has 0 aliphatic carbocycles. The quantitative estimate of drug-likeness (QED) is 0.789. The smallest absolute Gasteiger partial charge is 0.223 e. The number of nitrogens with two attached hydrogens (primary N) is 1. The van der Waals surface area contributed by atoms with Gasteiger partial charge in [-0.1, -0.05) is 19.1 Å². The second-order valence-corrected chi connectivity index (χ2v) is 5.20. The van der Waals surface area contributed by atoms with Crippen molar-refractivity contribution in [3.05, 3.63) is 29.8 Å². The number of amides is 1. The van der Waals surface area contributed by atoms with Crippen LogP contribution in [0.25, 0.3) is 0 Å². The first-order valence-electron chi connectivity index (χ1n) is 5.83. The average Bonchev–Trinajstić information content (AvgIpc) is 2.32. The third-order valence-electron chi connectivity index (χ3n) is 2.44. The van der Waals surface area contributed by atoms with Gasteiger partial charge >= 0.3 is 0 Å². The van der Waals surface area contributed by atoms with Crippen molar-refractivity contribution >= 4 is 17.7 Å². The third kappa shape index (κ3) is 4.79. The lowest BCUT2D eigenvalue weighted by Crippen LogP contribution is -2.27. The van der Waals surface area contributed by atoms with E-state index in [1.54, 1.807) is 4.90 Å². The van der Waals surface area contributed by atoms with Crippen molar-refractivity contribution in [2.45, 2.75) is 24.8 Å². The predicted molar refractivity (Wildman–Crippen MR) is 73.0 cm³/mol. The Morgan fingerprint density at radius 2 is 2.00 bits per heavy atom. The molecule has 0 aliphatic rings. The molecule has 0 atom stereocenters. The summed E-state index contributed by atoms with van der Waals surface area (Å²) < 4.78 is 0. The molecule has 0 unspecified atom stereocenters. The van der Waals surface area contributed by atoms with Crippen LogP contribution in [0.4, 0.5) is 0 Å². The topological polar surface area (TPSA) is 46.3 Å². The zero-order valence-corrected chi connectivity index (χ0v) is 11.3. The summed E-state index contributed by atoms with van der Waals surface area (Å²) >= 11 is 1.82. The van der Waals surface area contributed by atoms with E-state index in [2.05, 4.69) is 31.2 Å². The fourth-order valence-corrected chi connectivity index (χ4v) is 2.20. The third-order valence-corrected chi connectivity index (χ3v) is 3.33. The Bertz CT molecular complexity index is 351. The van der Waals surface area contributed by atoms with Gasteiger partial charge in [-0.2, -0.15) is 0 Å². The van der Waals surface area contributed by atoms with E-state index < -0.39 is 0 Å². The van der Waals surface area contributed by atoms with Crippen molar-refractivity contribution < 1.29 is 4.79 Å². The maximum Gasteiger partial charge on any atom is 0.223 e. The molecule has 4 heteroatoms. The number of thioether (sulfide) groups is 1. The molecule has 0 bridgehead atoms. The van der Waals surface area contributed by atoms with Crippen LogP contribution in [0.15, 0.2) is 29.2 Å². The highest BCUT2D eigenvalue weighted by Crippen LogP contribution is 2.18. The average molecular weight is 252 g/mol. The summed E-state index contributed by atoms with van der Waals surface area (Å²) in [6.07, 6.45) is 0.417. The van der Waals surface area contributed by atoms with E-state index in [4.69, 9.17) is 5.73 Å². The van der Waals surface area contributed by atoms with Crippen LogP contribution >= 0.6 is 11.8 Å². The van der Waals surface area contributed by atoms with Crippen LogP contribution in [-0.2, 0) is 11.3 Å². The molecule has 0 aromatic heterocycles. The first-order chi connectivity index (χ1) is 8.17. The number of benzene rings is 1. The molecule has 1 aromatic rings. The second kappa shape index (κ2) is 7.35. The molecule has 0 heterocycles. The standard InChI is InChI=1S/C13H20N2OS/c1-3-17-12-6-4-11(5-7-12)10-15(2)13(16)8-9-14/h4-7H,3,8-10,14H2,1-2H3. The first-order valence-corrected chi connectivity index (χ1v) is 6.81. The van der Waals surface area contributed by atoms with E-state index in [-0.39, 0.29) is 5.91 Å². The summed E-state index contributed by atoms with van der Waals surface area (Å²) in [6, 6.07) is 8.35. The number of rotatable bonds is 6. The Hall–Kier alpha value is -1.00. The highest BCUT2D eigenvalue weighted by molar-refractivity contribution is 7.99. The summed E-state index contributed by atoms with van der Waals surface area (Å²) in [7, 11) is 1.81. The van der Waals surface area contributed by atoms with Gasteiger partial charge in [0.05, 0.1) is 0 Å². The fourth-order valence-electron chi connectivity index (χ4n) is 1.53. The molecular formula is C13H20N2OS. The van der Waals surface area contributed by atoms with Crippen molar-refractivity contribution in [1.82, 2.24) is 4.90 Å². The molecule has 3 nitrogen and oxygen atoms in total. The Kier molecular flexibility index (Phi) is 6.08. The van der Waals surface area contributed by atoms with Gasteiger partial charge in [0.1, 0.15) is 0 Å².